The fourth-order valence-electron chi connectivity index (χ4n) is 3.02. The lowest BCUT2D eigenvalue weighted by Crippen LogP contribution is -2.17. The number of nitrogens with one attached hydrogen (secondary N) is 1. The van der Waals surface area contributed by atoms with Crippen LogP contribution in [0.1, 0.15) is 25.5 Å². The minimum absolute atomic E-state index is 0.0772. The molecular formula is C17H19N5O3S. The number of methoxy groups -OCH3 is 1. The highest BCUT2D eigenvalue weighted by Crippen LogP contribution is 2.33. The number of nitrogens with zero attached hydrogens (tertiary/aromatic N) is 4. The standard InChI is InChI=1S/C17H19N5O3S/c1-24-10-5-6-12(23)11(8-10)19-15-14-16(21-17(26)20-15)22(9-18-14)13-4-2-3-7-25-13/h5-6,8-9,13,23H,2-4,7H2,1H3,(H2,19,20,21,26). The van der Waals surface area contributed by atoms with Gasteiger partial charge >= 0.3 is 0 Å². The highest BCUT2D eigenvalue weighted by molar-refractivity contribution is 7.80. The van der Waals surface area contributed by atoms with Crippen LogP contribution in [-0.2, 0) is 4.74 Å². The molecule has 1 unspecified atom stereocenters. The zero-order chi connectivity index (χ0) is 18.1. The lowest BCUT2D eigenvalue weighted by Gasteiger charge is -2.23. The molecule has 1 aliphatic rings. The van der Waals surface area contributed by atoms with Gasteiger partial charge in [0.2, 0.25) is 0 Å². The van der Waals surface area contributed by atoms with E-state index in [1.165, 1.54) is 0 Å². The van der Waals surface area contributed by atoms with Gasteiger partial charge in [-0.05, 0) is 31.4 Å². The molecule has 1 atom stereocenters. The molecule has 0 spiro atoms. The summed E-state index contributed by atoms with van der Waals surface area (Å²) in [4.78, 5) is 13.2. The van der Waals surface area contributed by atoms with Gasteiger partial charge in [0.15, 0.2) is 22.1 Å². The molecule has 0 amide bonds. The minimum atomic E-state index is -0.0885. The monoisotopic (exact) mass is 373 g/mol. The van der Waals surface area contributed by atoms with Crippen LogP contribution < -0.4 is 10.1 Å². The van der Waals surface area contributed by atoms with Crippen LogP contribution in [0.2, 0.25) is 0 Å². The molecule has 9 heteroatoms. The van der Waals surface area contributed by atoms with Gasteiger partial charge in [0.1, 0.15) is 17.7 Å². The Morgan fingerprint density at radius 2 is 2.23 bits per heavy atom. The number of ether oxygens (including phenoxy) is 2. The number of aromatic nitrogens is 4. The summed E-state index contributed by atoms with van der Waals surface area (Å²) in [5.74, 6) is 1.15. The van der Waals surface area contributed by atoms with E-state index in [1.54, 1.807) is 31.6 Å². The predicted molar refractivity (Wildman–Crippen MR) is 99.4 cm³/mol. The molecule has 4 rings (SSSR count). The van der Waals surface area contributed by atoms with Gasteiger partial charge in [0, 0.05) is 12.7 Å². The second-order valence-electron chi connectivity index (χ2n) is 6.03. The van der Waals surface area contributed by atoms with Crippen molar-refractivity contribution in [1.82, 2.24) is 19.5 Å². The van der Waals surface area contributed by atoms with Crippen molar-refractivity contribution in [3.63, 3.8) is 0 Å². The van der Waals surface area contributed by atoms with E-state index in [-0.39, 0.29) is 12.0 Å². The number of rotatable bonds is 4. The Morgan fingerprint density at radius 1 is 1.35 bits per heavy atom. The van der Waals surface area contributed by atoms with E-state index in [4.69, 9.17) is 9.47 Å². The molecule has 0 aliphatic carbocycles. The van der Waals surface area contributed by atoms with Crippen molar-refractivity contribution in [3.8, 4) is 11.5 Å². The molecule has 1 aliphatic heterocycles. The van der Waals surface area contributed by atoms with Crippen LogP contribution in [0.5, 0.6) is 11.5 Å². The van der Waals surface area contributed by atoms with Crippen molar-refractivity contribution in [3.05, 3.63) is 24.5 Å². The highest BCUT2D eigenvalue weighted by atomic mass is 32.1. The van der Waals surface area contributed by atoms with Crippen molar-refractivity contribution in [2.45, 2.75) is 30.6 Å². The first-order chi connectivity index (χ1) is 12.7. The summed E-state index contributed by atoms with van der Waals surface area (Å²) >= 11 is 4.32. The third kappa shape index (κ3) is 3.15. The van der Waals surface area contributed by atoms with E-state index in [0.29, 0.717) is 33.6 Å². The fourth-order valence-corrected chi connectivity index (χ4v) is 3.21. The number of phenols is 1. The van der Waals surface area contributed by atoms with Gasteiger partial charge in [-0.25, -0.2) is 15.0 Å². The van der Waals surface area contributed by atoms with Gasteiger partial charge in [-0.2, -0.15) is 0 Å². The largest absolute Gasteiger partial charge is 0.506 e. The van der Waals surface area contributed by atoms with E-state index in [9.17, 15) is 5.11 Å². The van der Waals surface area contributed by atoms with E-state index in [2.05, 4.69) is 32.9 Å². The first kappa shape index (κ1) is 16.9. The summed E-state index contributed by atoms with van der Waals surface area (Å²) in [7, 11) is 1.57. The Morgan fingerprint density at radius 3 is 3.00 bits per heavy atom. The summed E-state index contributed by atoms with van der Waals surface area (Å²) in [6, 6.07) is 4.91. The Balaban J connectivity index is 1.75. The Kier molecular flexibility index (Phi) is 4.56. The van der Waals surface area contributed by atoms with Gasteiger partial charge in [0.05, 0.1) is 19.1 Å². The van der Waals surface area contributed by atoms with E-state index in [0.717, 1.165) is 25.9 Å². The summed E-state index contributed by atoms with van der Waals surface area (Å²) in [6.07, 6.45) is 4.70. The van der Waals surface area contributed by atoms with Crippen LogP contribution in [0.15, 0.2) is 29.7 Å². The fraction of sp³-hybridized carbons (Fsp3) is 0.353. The van der Waals surface area contributed by atoms with E-state index >= 15 is 0 Å². The molecule has 0 bridgehead atoms. The van der Waals surface area contributed by atoms with Crippen molar-refractivity contribution in [1.29, 1.82) is 0 Å². The van der Waals surface area contributed by atoms with Gasteiger partial charge in [-0.1, -0.05) is 0 Å². The molecule has 26 heavy (non-hydrogen) atoms. The lowest BCUT2D eigenvalue weighted by atomic mass is 10.2. The predicted octanol–water partition coefficient (Wildman–Crippen LogP) is 3.27. The second kappa shape index (κ2) is 7.00. The smallest absolute Gasteiger partial charge is 0.188 e. The average Bonchev–Trinajstić information content (AvgIpc) is 3.08. The Hall–Kier alpha value is -2.52. The molecule has 3 heterocycles. The molecule has 2 N–H and O–H groups in total. The summed E-state index contributed by atoms with van der Waals surface area (Å²) in [5, 5.41) is 13.5. The average molecular weight is 373 g/mol. The molecule has 1 saturated heterocycles. The van der Waals surface area contributed by atoms with Crippen molar-refractivity contribution in [2.75, 3.05) is 19.0 Å². The van der Waals surface area contributed by atoms with Gasteiger partial charge in [-0.3, -0.25) is 4.57 Å². The molecule has 3 aromatic rings. The van der Waals surface area contributed by atoms with Crippen LogP contribution in [0.3, 0.4) is 0 Å². The summed E-state index contributed by atoms with van der Waals surface area (Å²) < 4.78 is 13.0. The van der Waals surface area contributed by atoms with Crippen molar-refractivity contribution < 1.29 is 14.6 Å². The first-order valence-corrected chi connectivity index (χ1v) is 8.79. The normalized spacial score (nSPS) is 17.4. The summed E-state index contributed by atoms with van der Waals surface area (Å²) in [5.41, 5.74) is 1.68. The molecular weight excluding hydrogens is 354 g/mol. The third-order valence-corrected chi connectivity index (χ3v) is 4.53. The number of aromatic hydroxyl groups is 1. The van der Waals surface area contributed by atoms with Gasteiger partial charge < -0.3 is 19.9 Å². The molecule has 1 fully saturated rings. The van der Waals surface area contributed by atoms with Crippen LogP contribution in [0.4, 0.5) is 11.5 Å². The molecule has 2 aromatic heterocycles. The van der Waals surface area contributed by atoms with Crippen molar-refractivity contribution >= 4 is 35.3 Å². The Bertz CT molecular complexity index is 940. The Labute approximate surface area is 155 Å². The molecule has 0 saturated carbocycles. The van der Waals surface area contributed by atoms with Crippen LogP contribution >= 0.6 is 12.6 Å². The summed E-state index contributed by atoms with van der Waals surface area (Å²) in [6.45, 7) is 0.728. The third-order valence-electron chi connectivity index (χ3n) is 4.33. The zero-order valence-electron chi connectivity index (χ0n) is 14.2. The van der Waals surface area contributed by atoms with Crippen LogP contribution in [0, 0.1) is 0 Å². The lowest BCUT2D eigenvalue weighted by molar-refractivity contribution is -0.0298. The van der Waals surface area contributed by atoms with Crippen LogP contribution in [0.25, 0.3) is 11.2 Å². The number of thiol groups is 1. The maximum absolute atomic E-state index is 10.1. The first-order valence-electron chi connectivity index (χ1n) is 8.35. The van der Waals surface area contributed by atoms with Gasteiger partial charge in [0.25, 0.3) is 0 Å². The molecule has 136 valence electrons. The maximum atomic E-state index is 10.1. The molecule has 1 aromatic carbocycles. The SMILES string of the molecule is COc1ccc(O)c(Nc2nc(S)nc3c2ncn3C2CCCCO2)c1. The number of hydrogen-bond donors (Lipinski definition) is 3. The van der Waals surface area contributed by atoms with E-state index < -0.39 is 0 Å². The quantitative estimate of drug-likeness (QED) is 0.367. The zero-order valence-corrected chi connectivity index (χ0v) is 15.1. The molecule has 0 radical (unpaired) electrons. The second-order valence-corrected chi connectivity index (χ2v) is 6.43. The number of phenolic OH excluding ortho intramolecular Hbond substituents is 1. The highest BCUT2D eigenvalue weighted by Gasteiger charge is 2.21. The topological polar surface area (TPSA) is 94.3 Å². The van der Waals surface area contributed by atoms with Crippen LogP contribution in [-0.4, -0.2) is 38.3 Å². The van der Waals surface area contributed by atoms with Gasteiger partial charge in [-0.15, -0.1) is 12.6 Å². The molecule has 8 nitrogen and oxygen atoms in total. The van der Waals surface area contributed by atoms with Crippen molar-refractivity contribution in [2.24, 2.45) is 0 Å². The van der Waals surface area contributed by atoms with E-state index in [1.807, 2.05) is 4.57 Å². The number of benzene rings is 1. The maximum Gasteiger partial charge on any atom is 0.188 e. The number of fused-ring (bicyclic) bond motifs is 1. The number of hydrogen-bond acceptors (Lipinski definition) is 8. The number of anilines is 2. The number of imidazole rings is 1. The minimum Gasteiger partial charge on any atom is -0.506 e.